The van der Waals surface area contributed by atoms with E-state index in [1.807, 2.05) is 7.05 Å². The lowest BCUT2D eigenvalue weighted by atomic mass is 10.1. The second-order valence-corrected chi connectivity index (χ2v) is 4.38. The van der Waals surface area contributed by atoms with E-state index < -0.39 is 4.92 Å². The van der Waals surface area contributed by atoms with E-state index in [-0.39, 0.29) is 17.6 Å². The molecule has 7 heteroatoms. The van der Waals surface area contributed by atoms with Crippen molar-refractivity contribution in [1.82, 2.24) is 15.5 Å². The standard InChI is InChI=1S/C13H16N4O3/c1-3-9(14-2)8-12-15-13(16-20-12)10-6-4-5-7-11(10)17(18)19/h4-7,9,14H,3,8H2,1-2H3. The molecule has 0 fully saturated rings. The van der Waals surface area contributed by atoms with Gasteiger partial charge in [0.2, 0.25) is 11.7 Å². The third-order valence-electron chi connectivity index (χ3n) is 3.13. The summed E-state index contributed by atoms with van der Waals surface area (Å²) in [4.78, 5) is 14.8. The summed E-state index contributed by atoms with van der Waals surface area (Å²) in [6, 6.07) is 6.60. The molecular formula is C13H16N4O3. The van der Waals surface area contributed by atoms with Crippen LogP contribution in [0.2, 0.25) is 0 Å². The lowest BCUT2D eigenvalue weighted by Crippen LogP contribution is -2.26. The highest BCUT2D eigenvalue weighted by Crippen LogP contribution is 2.27. The van der Waals surface area contributed by atoms with Gasteiger partial charge in [-0.2, -0.15) is 4.98 Å². The summed E-state index contributed by atoms with van der Waals surface area (Å²) in [5, 5.41) is 18.0. The summed E-state index contributed by atoms with van der Waals surface area (Å²) < 4.78 is 5.16. The van der Waals surface area contributed by atoms with Gasteiger partial charge < -0.3 is 9.84 Å². The third kappa shape index (κ3) is 3.00. The highest BCUT2D eigenvalue weighted by Gasteiger charge is 2.20. The molecule has 0 aliphatic carbocycles. The molecule has 1 unspecified atom stereocenters. The average molecular weight is 276 g/mol. The molecule has 2 rings (SSSR count). The van der Waals surface area contributed by atoms with E-state index in [1.165, 1.54) is 6.07 Å². The number of hydrogen-bond acceptors (Lipinski definition) is 6. The van der Waals surface area contributed by atoms with Gasteiger partial charge in [-0.25, -0.2) is 0 Å². The Bertz CT molecular complexity index is 593. The smallest absolute Gasteiger partial charge is 0.280 e. The van der Waals surface area contributed by atoms with Crippen LogP contribution in [0, 0.1) is 10.1 Å². The summed E-state index contributed by atoms with van der Waals surface area (Å²) in [5.74, 6) is 0.720. The summed E-state index contributed by atoms with van der Waals surface area (Å²) >= 11 is 0. The van der Waals surface area contributed by atoms with Crippen molar-refractivity contribution in [2.24, 2.45) is 0 Å². The molecule has 1 aromatic heterocycles. The van der Waals surface area contributed by atoms with Gasteiger partial charge in [0.25, 0.3) is 5.69 Å². The molecule has 1 atom stereocenters. The van der Waals surface area contributed by atoms with Crippen LogP contribution in [-0.2, 0) is 6.42 Å². The zero-order chi connectivity index (χ0) is 14.5. The zero-order valence-electron chi connectivity index (χ0n) is 11.4. The number of para-hydroxylation sites is 1. The monoisotopic (exact) mass is 276 g/mol. The number of nitro benzene ring substituents is 1. The van der Waals surface area contributed by atoms with Crippen molar-refractivity contribution in [1.29, 1.82) is 0 Å². The second kappa shape index (κ2) is 6.25. The summed E-state index contributed by atoms with van der Waals surface area (Å²) in [6.45, 7) is 2.06. The molecule has 0 spiro atoms. The van der Waals surface area contributed by atoms with Crippen LogP contribution < -0.4 is 5.32 Å². The Morgan fingerprint density at radius 2 is 2.20 bits per heavy atom. The number of nitrogens with zero attached hydrogens (tertiary/aromatic N) is 3. The Morgan fingerprint density at radius 3 is 2.85 bits per heavy atom. The molecule has 20 heavy (non-hydrogen) atoms. The number of nitro groups is 1. The van der Waals surface area contributed by atoms with Gasteiger partial charge in [-0.3, -0.25) is 10.1 Å². The Balaban J connectivity index is 2.27. The van der Waals surface area contributed by atoms with E-state index >= 15 is 0 Å². The van der Waals surface area contributed by atoms with E-state index in [1.54, 1.807) is 18.2 Å². The van der Waals surface area contributed by atoms with Gasteiger partial charge in [-0.05, 0) is 19.5 Å². The number of aromatic nitrogens is 2. The molecule has 7 nitrogen and oxygen atoms in total. The molecular weight excluding hydrogens is 260 g/mol. The molecule has 1 aromatic carbocycles. The number of likely N-dealkylation sites (N-methyl/N-ethyl adjacent to an activating group) is 1. The number of hydrogen-bond donors (Lipinski definition) is 1. The molecule has 0 saturated heterocycles. The van der Waals surface area contributed by atoms with Crippen LogP contribution in [0.25, 0.3) is 11.4 Å². The Labute approximate surface area is 116 Å². The predicted molar refractivity (Wildman–Crippen MR) is 73.2 cm³/mol. The summed E-state index contributed by atoms with van der Waals surface area (Å²) in [7, 11) is 1.87. The molecule has 0 radical (unpaired) electrons. The number of rotatable bonds is 6. The lowest BCUT2D eigenvalue weighted by Gasteiger charge is -2.09. The van der Waals surface area contributed by atoms with Crippen molar-refractivity contribution >= 4 is 5.69 Å². The molecule has 2 aromatic rings. The fourth-order valence-corrected chi connectivity index (χ4v) is 1.93. The normalized spacial score (nSPS) is 12.3. The van der Waals surface area contributed by atoms with Crippen molar-refractivity contribution in [3.63, 3.8) is 0 Å². The highest BCUT2D eigenvalue weighted by molar-refractivity contribution is 5.67. The van der Waals surface area contributed by atoms with Gasteiger partial charge in [0.1, 0.15) is 5.56 Å². The van der Waals surface area contributed by atoms with Gasteiger partial charge in [0.05, 0.1) is 4.92 Å². The van der Waals surface area contributed by atoms with Crippen LogP contribution in [0.3, 0.4) is 0 Å². The first-order valence-electron chi connectivity index (χ1n) is 6.39. The average Bonchev–Trinajstić information content (AvgIpc) is 2.93. The van der Waals surface area contributed by atoms with Crippen molar-refractivity contribution in [3.05, 3.63) is 40.3 Å². The number of nitrogens with one attached hydrogen (secondary N) is 1. The molecule has 0 amide bonds. The Morgan fingerprint density at radius 1 is 1.45 bits per heavy atom. The van der Waals surface area contributed by atoms with Crippen LogP contribution in [-0.4, -0.2) is 28.2 Å². The second-order valence-electron chi connectivity index (χ2n) is 4.38. The van der Waals surface area contributed by atoms with Gasteiger partial charge >= 0.3 is 0 Å². The molecule has 1 N–H and O–H groups in total. The third-order valence-corrected chi connectivity index (χ3v) is 3.13. The molecule has 0 saturated carbocycles. The van der Waals surface area contributed by atoms with E-state index in [0.717, 1.165) is 6.42 Å². The first-order chi connectivity index (χ1) is 9.65. The minimum absolute atomic E-state index is 0.0273. The molecule has 1 heterocycles. The Hall–Kier alpha value is -2.28. The van der Waals surface area contributed by atoms with E-state index in [4.69, 9.17) is 4.52 Å². The van der Waals surface area contributed by atoms with Gasteiger partial charge in [0.15, 0.2) is 0 Å². The van der Waals surface area contributed by atoms with Crippen molar-refractivity contribution in [2.75, 3.05) is 7.05 Å². The largest absolute Gasteiger partial charge is 0.339 e. The van der Waals surface area contributed by atoms with Crippen molar-refractivity contribution in [2.45, 2.75) is 25.8 Å². The van der Waals surface area contributed by atoms with Gasteiger partial charge in [-0.1, -0.05) is 24.2 Å². The molecule has 0 aliphatic rings. The van der Waals surface area contributed by atoms with Gasteiger partial charge in [-0.15, -0.1) is 0 Å². The maximum Gasteiger partial charge on any atom is 0.280 e. The number of benzene rings is 1. The maximum absolute atomic E-state index is 11.0. The van der Waals surface area contributed by atoms with Crippen LogP contribution in [0.15, 0.2) is 28.8 Å². The first kappa shape index (κ1) is 14.1. The maximum atomic E-state index is 11.0. The molecule has 0 aliphatic heterocycles. The highest BCUT2D eigenvalue weighted by atomic mass is 16.6. The lowest BCUT2D eigenvalue weighted by molar-refractivity contribution is -0.384. The fourth-order valence-electron chi connectivity index (χ4n) is 1.93. The minimum Gasteiger partial charge on any atom is -0.339 e. The Kier molecular flexibility index (Phi) is 4.41. The minimum atomic E-state index is -0.451. The SMILES string of the molecule is CCC(Cc1nc(-c2ccccc2[N+](=O)[O-])no1)NC. The topological polar surface area (TPSA) is 94.1 Å². The van der Waals surface area contributed by atoms with E-state index in [9.17, 15) is 10.1 Å². The predicted octanol–water partition coefficient (Wildman–Crippen LogP) is 2.19. The van der Waals surface area contributed by atoms with Crippen molar-refractivity contribution < 1.29 is 9.45 Å². The first-order valence-corrected chi connectivity index (χ1v) is 6.39. The van der Waals surface area contributed by atoms with Gasteiger partial charge in [0, 0.05) is 18.5 Å². The zero-order valence-corrected chi connectivity index (χ0v) is 11.4. The van der Waals surface area contributed by atoms with Crippen LogP contribution in [0.1, 0.15) is 19.2 Å². The van der Waals surface area contributed by atoms with Crippen LogP contribution in [0.5, 0.6) is 0 Å². The van der Waals surface area contributed by atoms with Crippen LogP contribution >= 0.6 is 0 Å². The molecule has 106 valence electrons. The van der Waals surface area contributed by atoms with E-state index in [0.29, 0.717) is 17.9 Å². The van der Waals surface area contributed by atoms with E-state index in [2.05, 4.69) is 22.4 Å². The molecule has 0 bridgehead atoms. The summed E-state index contributed by atoms with van der Waals surface area (Å²) in [5.41, 5.74) is 0.338. The van der Waals surface area contributed by atoms with Crippen LogP contribution in [0.4, 0.5) is 5.69 Å². The quantitative estimate of drug-likeness (QED) is 0.642. The summed E-state index contributed by atoms with van der Waals surface area (Å²) in [6.07, 6.45) is 1.53. The fraction of sp³-hybridized carbons (Fsp3) is 0.385. The van der Waals surface area contributed by atoms with Crippen molar-refractivity contribution in [3.8, 4) is 11.4 Å².